The van der Waals surface area contributed by atoms with Gasteiger partial charge < -0.3 is 4.57 Å². The molecule has 2 heterocycles. The van der Waals surface area contributed by atoms with Crippen LogP contribution in [0.4, 0.5) is 5.69 Å². The summed E-state index contributed by atoms with van der Waals surface area (Å²) in [6.45, 7) is 4.31. The largest absolute Gasteiger partial charge is 0.336 e. The predicted molar refractivity (Wildman–Crippen MR) is 75.4 cm³/mol. The maximum Gasteiger partial charge on any atom is 0.281 e. The molecule has 2 aromatic heterocycles. The Labute approximate surface area is 120 Å². The molecule has 0 unspecified atom stereocenters. The van der Waals surface area contributed by atoms with Crippen LogP contribution in [0.1, 0.15) is 12.6 Å². The zero-order valence-corrected chi connectivity index (χ0v) is 12.9. The molecule has 19 heavy (non-hydrogen) atoms. The van der Waals surface area contributed by atoms with Crippen molar-refractivity contribution in [2.75, 3.05) is 4.72 Å². The highest BCUT2D eigenvalue weighted by Gasteiger charge is 2.18. The highest BCUT2D eigenvalue weighted by Crippen LogP contribution is 2.19. The molecular formula is C11H13BrN4O2S. The number of halogens is 1. The number of sulfonamides is 1. The Kier molecular flexibility index (Phi) is 3.91. The summed E-state index contributed by atoms with van der Waals surface area (Å²) in [6.07, 6.45) is 2.98. The van der Waals surface area contributed by atoms with Crippen LogP contribution in [0.3, 0.4) is 0 Å². The number of pyridine rings is 1. The number of nitrogens with one attached hydrogen (secondary N) is 1. The van der Waals surface area contributed by atoms with E-state index in [9.17, 15) is 8.42 Å². The van der Waals surface area contributed by atoms with Gasteiger partial charge in [-0.25, -0.2) is 9.97 Å². The van der Waals surface area contributed by atoms with Crippen molar-refractivity contribution in [3.05, 3.63) is 35.0 Å². The summed E-state index contributed by atoms with van der Waals surface area (Å²) in [7, 11) is -3.68. The highest BCUT2D eigenvalue weighted by atomic mass is 79.9. The molecule has 0 aliphatic rings. The van der Waals surface area contributed by atoms with E-state index in [2.05, 4.69) is 30.6 Å². The maximum absolute atomic E-state index is 12.1. The number of rotatable bonds is 4. The molecule has 8 heteroatoms. The van der Waals surface area contributed by atoms with Crippen LogP contribution in [0.25, 0.3) is 0 Å². The second-order valence-corrected chi connectivity index (χ2v) is 6.36. The number of hydrogen-bond acceptors (Lipinski definition) is 4. The Morgan fingerprint density at radius 1 is 1.42 bits per heavy atom. The molecule has 1 N–H and O–H groups in total. The van der Waals surface area contributed by atoms with Crippen LogP contribution < -0.4 is 4.72 Å². The molecule has 0 radical (unpaired) electrons. The van der Waals surface area contributed by atoms with Crippen LogP contribution in [-0.2, 0) is 16.6 Å². The van der Waals surface area contributed by atoms with Crippen molar-refractivity contribution in [1.29, 1.82) is 0 Å². The summed E-state index contributed by atoms with van der Waals surface area (Å²) in [5.41, 5.74) is 1.03. The minimum absolute atomic E-state index is 0.00308. The minimum atomic E-state index is -3.68. The molecule has 102 valence electrons. The molecule has 0 atom stereocenters. The van der Waals surface area contributed by atoms with Crippen LogP contribution in [0.5, 0.6) is 0 Å². The first-order valence-corrected chi connectivity index (χ1v) is 7.87. The third kappa shape index (κ3) is 3.13. The summed E-state index contributed by atoms with van der Waals surface area (Å²) < 4.78 is 29.1. The number of imidazole rings is 1. The van der Waals surface area contributed by atoms with Crippen molar-refractivity contribution in [3.8, 4) is 0 Å². The summed E-state index contributed by atoms with van der Waals surface area (Å²) in [5, 5.41) is -0.00308. The number of aromatic nitrogens is 3. The molecule has 0 spiro atoms. The van der Waals surface area contributed by atoms with Gasteiger partial charge in [0.25, 0.3) is 10.0 Å². The van der Waals surface area contributed by atoms with Crippen LogP contribution in [0.2, 0.25) is 0 Å². The van der Waals surface area contributed by atoms with Gasteiger partial charge in [-0.3, -0.25) is 4.72 Å². The third-order valence-corrected chi connectivity index (χ3v) is 4.24. The first kappa shape index (κ1) is 14.0. The lowest BCUT2D eigenvalue weighted by Crippen LogP contribution is -2.14. The van der Waals surface area contributed by atoms with Gasteiger partial charge in [-0.15, -0.1) is 0 Å². The summed E-state index contributed by atoms with van der Waals surface area (Å²) in [6, 6.07) is 3.33. The van der Waals surface area contributed by atoms with Gasteiger partial charge in [0.15, 0.2) is 5.03 Å². The molecular weight excluding hydrogens is 332 g/mol. The van der Waals surface area contributed by atoms with Gasteiger partial charge in [-0.05, 0) is 41.9 Å². The second kappa shape index (κ2) is 5.30. The lowest BCUT2D eigenvalue weighted by atomic mass is 10.3. The van der Waals surface area contributed by atoms with Crippen molar-refractivity contribution in [1.82, 2.24) is 14.5 Å². The molecule has 2 rings (SSSR count). The molecule has 0 aliphatic carbocycles. The molecule has 0 saturated carbocycles. The summed E-state index contributed by atoms with van der Waals surface area (Å²) in [5.74, 6) is 0. The van der Waals surface area contributed by atoms with E-state index in [1.165, 1.54) is 12.5 Å². The van der Waals surface area contributed by atoms with Gasteiger partial charge in [0.05, 0.1) is 17.7 Å². The number of anilines is 1. The van der Waals surface area contributed by atoms with E-state index in [0.717, 1.165) is 0 Å². The fourth-order valence-corrected chi connectivity index (χ4v) is 2.95. The summed E-state index contributed by atoms with van der Waals surface area (Å²) in [4.78, 5) is 8.02. The fourth-order valence-electron chi connectivity index (χ4n) is 1.49. The average Bonchev–Trinajstić information content (AvgIpc) is 2.82. The Morgan fingerprint density at radius 2 is 2.16 bits per heavy atom. The van der Waals surface area contributed by atoms with Gasteiger partial charge in [0.2, 0.25) is 0 Å². The van der Waals surface area contributed by atoms with Crippen molar-refractivity contribution < 1.29 is 8.42 Å². The topological polar surface area (TPSA) is 76.9 Å². The number of aryl methyl sites for hydroxylation is 2. The Morgan fingerprint density at radius 3 is 2.74 bits per heavy atom. The van der Waals surface area contributed by atoms with Crippen LogP contribution >= 0.6 is 15.9 Å². The smallest absolute Gasteiger partial charge is 0.281 e. The monoisotopic (exact) mass is 344 g/mol. The Hall–Kier alpha value is -1.41. The molecule has 0 fully saturated rings. The average molecular weight is 345 g/mol. The van der Waals surface area contributed by atoms with Crippen LogP contribution in [-0.4, -0.2) is 23.0 Å². The van der Waals surface area contributed by atoms with Crippen LogP contribution in [0.15, 0.2) is 34.3 Å². The predicted octanol–water partition coefficient (Wildman–Crippen LogP) is 2.17. The molecule has 0 bridgehead atoms. The van der Waals surface area contributed by atoms with Gasteiger partial charge in [0, 0.05) is 12.7 Å². The SMILES string of the molecule is CCn1cnc(S(=O)(=O)Nc2ccc(Br)nc2C)c1. The van der Waals surface area contributed by atoms with Crippen LogP contribution in [0, 0.1) is 6.92 Å². The second-order valence-electron chi connectivity index (χ2n) is 3.91. The lowest BCUT2D eigenvalue weighted by molar-refractivity contribution is 0.598. The zero-order chi connectivity index (χ0) is 14.0. The van der Waals surface area contributed by atoms with E-state index in [0.29, 0.717) is 22.5 Å². The molecule has 0 amide bonds. The lowest BCUT2D eigenvalue weighted by Gasteiger charge is -2.08. The molecule has 0 saturated heterocycles. The van der Waals surface area contributed by atoms with E-state index < -0.39 is 10.0 Å². The molecule has 0 aliphatic heterocycles. The molecule has 2 aromatic rings. The van der Waals surface area contributed by atoms with E-state index in [-0.39, 0.29) is 5.03 Å². The van der Waals surface area contributed by atoms with E-state index in [1.54, 1.807) is 23.6 Å². The zero-order valence-electron chi connectivity index (χ0n) is 10.5. The third-order valence-electron chi connectivity index (χ3n) is 2.55. The number of nitrogens with zero attached hydrogens (tertiary/aromatic N) is 3. The van der Waals surface area contributed by atoms with E-state index in [1.807, 2.05) is 6.92 Å². The Bertz CT molecular complexity index is 696. The van der Waals surface area contributed by atoms with E-state index in [4.69, 9.17) is 0 Å². The van der Waals surface area contributed by atoms with Gasteiger partial charge in [-0.1, -0.05) is 0 Å². The van der Waals surface area contributed by atoms with E-state index >= 15 is 0 Å². The first-order valence-electron chi connectivity index (χ1n) is 5.60. The summed E-state index contributed by atoms with van der Waals surface area (Å²) >= 11 is 3.23. The first-order chi connectivity index (χ1) is 8.92. The standard InChI is InChI=1S/C11H13BrN4O2S/c1-3-16-6-11(13-7-16)19(17,18)15-9-4-5-10(12)14-8(9)2/h4-7,15H,3H2,1-2H3. The quantitative estimate of drug-likeness (QED) is 0.862. The Balaban J connectivity index is 2.30. The van der Waals surface area contributed by atoms with Gasteiger partial charge >= 0.3 is 0 Å². The van der Waals surface area contributed by atoms with Gasteiger partial charge in [-0.2, -0.15) is 8.42 Å². The normalized spacial score (nSPS) is 11.5. The molecule has 6 nitrogen and oxygen atoms in total. The number of hydrogen-bond donors (Lipinski definition) is 1. The molecule has 0 aromatic carbocycles. The van der Waals surface area contributed by atoms with Crippen molar-refractivity contribution >= 4 is 31.6 Å². The van der Waals surface area contributed by atoms with Crippen molar-refractivity contribution in [2.45, 2.75) is 25.4 Å². The maximum atomic E-state index is 12.1. The van der Waals surface area contributed by atoms with Crippen molar-refractivity contribution in [3.63, 3.8) is 0 Å². The van der Waals surface area contributed by atoms with Gasteiger partial charge in [0.1, 0.15) is 4.60 Å². The minimum Gasteiger partial charge on any atom is -0.336 e. The van der Waals surface area contributed by atoms with Crippen molar-refractivity contribution in [2.24, 2.45) is 0 Å². The fraction of sp³-hybridized carbons (Fsp3) is 0.273. The highest BCUT2D eigenvalue weighted by molar-refractivity contribution is 9.10.